The van der Waals surface area contributed by atoms with Crippen LogP contribution in [0.3, 0.4) is 0 Å². The minimum absolute atomic E-state index is 0.227. The van der Waals surface area contributed by atoms with E-state index in [0.717, 1.165) is 30.8 Å². The summed E-state index contributed by atoms with van der Waals surface area (Å²) in [6.07, 6.45) is 1.68. The number of benzene rings is 1. The standard InChI is InChI=1S/C14H18N4OS/c19-12-7-4-8-17(9-12)10-18-14(20)15-13(16-18)11-5-2-1-3-6-11/h1-3,5-6,12,19H,4,7-10H2,(H,15,16,20)/t12-/m1/s1. The third kappa shape index (κ3) is 2.98. The van der Waals surface area contributed by atoms with Crippen molar-refractivity contribution >= 4 is 12.2 Å². The summed E-state index contributed by atoms with van der Waals surface area (Å²) < 4.78 is 2.40. The molecule has 2 aromatic rings. The number of H-pyrrole nitrogens is 1. The van der Waals surface area contributed by atoms with Gasteiger partial charge in [0.2, 0.25) is 4.77 Å². The van der Waals surface area contributed by atoms with E-state index in [1.54, 1.807) is 0 Å². The zero-order valence-corrected chi connectivity index (χ0v) is 12.0. The predicted molar refractivity (Wildman–Crippen MR) is 79.7 cm³/mol. The average Bonchev–Trinajstić information content (AvgIpc) is 2.81. The van der Waals surface area contributed by atoms with Crippen LogP contribution in [0, 0.1) is 4.77 Å². The molecule has 1 atom stereocenters. The molecule has 0 bridgehead atoms. The van der Waals surface area contributed by atoms with Gasteiger partial charge in [-0.05, 0) is 25.1 Å². The Labute approximate surface area is 122 Å². The lowest BCUT2D eigenvalue weighted by molar-refractivity contribution is 0.0514. The van der Waals surface area contributed by atoms with Crippen LogP contribution in [0.25, 0.3) is 11.4 Å². The summed E-state index contributed by atoms with van der Waals surface area (Å²) in [7, 11) is 0. The Kier molecular flexibility index (Phi) is 3.95. The van der Waals surface area contributed by atoms with Crippen molar-refractivity contribution in [1.82, 2.24) is 19.7 Å². The summed E-state index contributed by atoms with van der Waals surface area (Å²) in [5.41, 5.74) is 1.02. The van der Waals surface area contributed by atoms with Gasteiger partial charge in [-0.25, -0.2) is 4.68 Å². The number of aromatic amines is 1. The molecule has 1 aromatic heterocycles. The second-order valence-corrected chi connectivity index (χ2v) is 5.53. The number of aromatic nitrogens is 3. The summed E-state index contributed by atoms with van der Waals surface area (Å²) in [6.45, 7) is 2.33. The van der Waals surface area contributed by atoms with E-state index in [0.29, 0.717) is 18.0 Å². The lowest BCUT2D eigenvalue weighted by Gasteiger charge is -2.29. The van der Waals surface area contributed by atoms with Gasteiger partial charge in [0.05, 0.1) is 12.8 Å². The maximum atomic E-state index is 9.71. The third-order valence-electron chi connectivity index (χ3n) is 3.55. The second kappa shape index (κ2) is 5.87. The molecule has 2 heterocycles. The minimum Gasteiger partial charge on any atom is -0.392 e. The molecule has 1 aromatic carbocycles. The van der Waals surface area contributed by atoms with Gasteiger partial charge in [-0.2, -0.15) is 4.98 Å². The number of aliphatic hydroxyl groups excluding tert-OH is 1. The third-order valence-corrected chi connectivity index (χ3v) is 3.86. The van der Waals surface area contributed by atoms with Crippen LogP contribution in [0.5, 0.6) is 0 Å². The van der Waals surface area contributed by atoms with Gasteiger partial charge in [-0.1, -0.05) is 30.3 Å². The highest BCUT2D eigenvalue weighted by atomic mass is 32.1. The van der Waals surface area contributed by atoms with E-state index in [-0.39, 0.29) is 6.10 Å². The Morgan fingerprint density at radius 1 is 1.35 bits per heavy atom. The van der Waals surface area contributed by atoms with E-state index in [2.05, 4.69) is 15.0 Å². The van der Waals surface area contributed by atoms with Gasteiger partial charge in [0.15, 0.2) is 5.82 Å². The van der Waals surface area contributed by atoms with E-state index in [9.17, 15) is 5.11 Å². The van der Waals surface area contributed by atoms with E-state index >= 15 is 0 Å². The molecule has 0 amide bonds. The second-order valence-electron chi connectivity index (χ2n) is 5.16. The maximum Gasteiger partial charge on any atom is 0.217 e. The summed E-state index contributed by atoms with van der Waals surface area (Å²) in [6, 6.07) is 9.94. The number of β-amino-alcohol motifs (C(OH)–C–C–N with tert-alkyl or cyclic N) is 1. The van der Waals surface area contributed by atoms with E-state index < -0.39 is 0 Å². The lowest BCUT2D eigenvalue weighted by atomic mass is 10.1. The highest BCUT2D eigenvalue weighted by Crippen LogP contribution is 2.15. The van der Waals surface area contributed by atoms with Crippen LogP contribution in [0.2, 0.25) is 0 Å². The molecule has 5 nitrogen and oxygen atoms in total. The first-order valence-corrected chi connectivity index (χ1v) is 7.26. The molecule has 2 N–H and O–H groups in total. The monoisotopic (exact) mass is 290 g/mol. The van der Waals surface area contributed by atoms with Gasteiger partial charge in [-0.15, -0.1) is 0 Å². The van der Waals surface area contributed by atoms with Gasteiger partial charge in [0.1, 0.15) is 0 Å². The molecule has 0 radical (unpaired) electrons. The number of aliphatic hydroxyl groups is 1. The van der Waals surface area contributed by atoms with Crippen molar-refractivity contribution in [3.63, 3.8) is 0 Å². The number of nitrogens with zero attached hydrogens (tertiary/aromatic N) is 3. The number of rotatable bonds is 3. The quantitative estimate of drug-likeness (QED) is 0.849. The fourth-order valence-corrected chi connectivity index (χ4v) is 2.73. The lowest BCUT2D eigenvalue weighted by Crippen LogP contribution is -2.39. The first-order valence-electron chi connectivity index (χ1n) is 6.85. The summed E-state index contributed by atoms with van der Waals surface area (Å²) in [5.74, 6) is 0.785. The normalized spacial score (nSPS) is 20.1. The summed E-state index contributed by atoms with van der Waals surface area (Å²) >= 11 is 5.30. The molecule has 1 aliphatic heterocycles. The summed E-state index contributed by atoms with van der Waals surface area (Å²) in [4.78, 5) is 6.59. The van der Waals surface area contributed by atoms with Crippen molar-refractivity contribution in [2.24, 2.45) is 0 Å². The Hall–Kier alpha value is -1.50. The fourth-order valence-electron chi connectivity index (χ4n) is 2.54. The Morgan fingerprint density at radius 3 is 2.90 bits per heavy atom. The predicted octanol–water partition coefficient (Wildman–Crippen LogP) is 2.02. The fraction of sp³-hybridized carbons (Fsp3) is 0.429. The molecule has 0 unspecified atom stereocenters. The number of nitrogens with one attached hydrogen (secondary N) is 1. The van der Waals surface area contributed by atoms with Gasteiger partial charge in [0, 0.05) is 18.7 Å². The van der Waals surface area contributed by atoms with Crippen LogP contribution in [0.4, 0.5) is 0 Å². The first kappa shape index (κ1) is 13.5. The Morgan fingerprint density at radius 2 is 2.15 bits per heavy atom. The van der Waals surface area contributed by atoms with Crippen LogP contribution in [-0.4, -0.2) is 44.0 Å². The Bertz CT molecular complexity index is 622. The van der Waals surface area contributed by atoms with Gasteiger partial charge in [0.25, 0.3) is 0 Å². The van der Waals surface area contributed by atoms with Crippen molar-refractivity contribution < 1.29 is 5.11 Å². The van der Waals surface area contributed by atoms with Crippen molar-refractivity contribution in [3.05, 3.63) is 35.1 Å². The van der Waals surface area contributed by atoms with Gasteiger partial charge in [-0.3, -0.25) is 10.00 Å². The molecule has 20 heavy (non-hydrogen) atoms. The van der Waals surface area contributed by atoms with Crippen molar-refractivity contribution in [1.29, 1.82) is 0 Å². The molecule has 6 heteroatoms. The molecule has 3 rings (SSSR count). The van der Waals surface area contributed by atoms with Crippen molar-refractivity contribution in [2.75, 3.05) is 13.1 Å². The molecule has 0 aliphatic carbocycles. The van der Waals surface area contributed by atoms with E-state index in [4.69, 9.17) is 12.2 Å². The highest BCUT2D eigenvalue weighted by molar-refractivity contribution is 7.71. The first-order chi connectivity index (χ1) is 9.72. The average molecular weight is 290 g/mol. The van der Waals surface area contributed by atoms with Crippen LogP contribution >= 0.6 is 12.2 Å². The Balaban J connectivity index is 1.78. The molecule has 1 fully saturated rings. The molecule has 106 valence electrons. The van der Waals surface area contributed by atoms with Crippen molar-refractivity contribution in [3.8, 4) is 11.4 Å². The topological polar surface area (TPSA) is 57.1 Å². The molecule has 1 saturated heterocycles. The van der Waals surface area contributed by atoms with Crippen molar-refractivity contribution in [2.45, 2.75) is 25.6 Å². The van der Waals surface area contributed by atoms with E-state index in [1.165, 1.54) is 0 Å². The number of hydrogen-bond donors (Lipinski definition) is 2. The molecular weight excluding hydrogens is 272 g/mol. The van der Waals surface area contributed by atoms with E-state index in [1.807, 2.05) is 35.0 Å². The molecule has 0 saturated carbocycles. The SMILES string of the molecule is O[C@@H]1CCCN(Cn2[nH]c(-c3ccccc3)nc2=S)C1. The smallest absolute Gasteiger partial charge is 0.217 e. The van der Waals surface area contributed by atoms with Gasteiger partial charge >= 0.3 is 0 Å². The van der Waals surface area contributed by atoms with Crippen LogP contribution in [0.1, 0.15) is 12.8 Å². The maximum absolute atomic E-state index is 9.71. The number of likely N-dealkylation sites (tertiary alicyclic amines) is 1. The zero-order chi connectivity index (χ0) is 13.9. The highest BCUT2D eigenvalue weighted by Gasteiger charge is 2.18. The van der Waals surface area contributed by atoms with Crippen LogP contribution in [-0.2, 0) is 6.67 Å². The molecule has 1 aliphatic rings. The van der Waals surface area contributed by atoms with Crippen LogP contribution in [0.15, 0.2) is 30.3 Å². The largest absolute Gasteiger partial charge is 0.392 e. The minimum atomic E-state index is -0.227. The molecular formula is C14H18N4OS. The van der Waals surface area contributed by atoms with Crippen LogP contribution < -0.4 is 0 Å². The number of piperidine rings is 1. The van der Waals surface area contributed by atoms with Gasteiger partial charge < -0.3 is 5.11 Å². The zero-order valence-electron chi connectivity index (χ0n) is 11.2. The summed E-state index contributed by atoms with van der Waals surface area (Å²) in [5, 5.41) is 12.9. The number of hydrogen-bond acceptors (Lipinski definition) is 4. The molecule has 0 spiro atoms.